The van der Waals surface area contributed by atoms with Gasteiger partial charge >= 0.3 is 0 Å². The van der Waals surface area contributed by atoms with Crippen LogP contribution in [0.3, 0.4) is 0 Å². The summed E-state index contributed by atoms with van der Waals surface area (Å²) < 4.78 is 27.4. The Morgan fingerprint density at radius 1 is 1.19 bits per heavy atom. The highest BCUT2D eigenvalue weighted by molar-refractivity contribution is 7.89. The van der Waals surface area contributed by atoms with Crippen molar-refractivity contribution in [1.82, 2.24) is 14.7 Å². The molecule has 0 aromatic carbocycles. The third-order valence-electron chi connectivity index (χ3n) is 4.03. The number of nitrogens with zero attached hydrogens (tertiary/aromatic N) is 2. The van der Waals surface area contributed by atoms with E-state index in [0.717, 1.165) is 31.6 Å². The number of hydrogen-bond donors (Lipinski definition) is 2. The van der Waals surface area contributed by atoms with E-state index in [0.29, 0.717) is 5.95 Å². The summed E-state index contributed by atoms with van der Waals surface area (Å²) in [4.78, 5) is 8.03. The van der Waals surface area contributed by atoms with Gasteiger partial charge in [-0.05, 0) is 31.6 Å². The minimum atomic E-state index is -3.52. The van der Waals surface area contributed by atoms with E-state index in [1.807, 2.05) is 0 Å². The van der Waals surface area contributed by atoms with E-state index in [2.05, 4.69) is 26.9 Å². The van der Waals surface area contributed by atoms with Gasteiger partial charge in [0.2, 0.25) is 16.0 Å². The fourth-order valence-corrected chi connectivity index (χ4v) is 4.04. The Morgan fingerprint density at radius 2 is 1.81 bits per heavy atom. The van der Waals surface area contributed by atoms with Crippen molar-refractivity contribution in [2.45, 2.75) is 56.4 Å². The minimum absolute atomic E-state index is 0.0343. The summed E-state index contributed by atoms with van der Waals surface area (Å²) in [6.07, 6.45) is 9.17. The fourth-order valence-electron chi connectivity index (χ4n) is 2.85. The van der Waals surface area contributed by atoms with Gasteiger partial charge in [0.25, 0.3) is 0 Å². The third-order valence-corrected chi connectivity index (χ3v) is 5.50. The minimum Gasteiger partial charge on any atom is -0.357 e. The van der Waals surface area contributed by atoms with Crippen LogP contribution in [-0.4, -0.2) is 31.5 Å². The quantitative estimate of drug-likeness (QED) is 0.841. The Morgan fingerprint density at radius 3 is 2.33 bits per heavy atom. The van der Waals surface area contributed by atoms with Crippen molar-refractivity contribution in [2.24, 2.45) is 5.92 Å². The number of sulfonamides is 1. The lowest BCUT2D eigenvalue weighted by atomic mass is 9.84. The van der Waals surface area contributed by atoms with E-state index in [-0.39, 0.29) is 10.9 Å². The Kier molecular flexibility index (Phi) is 5.52. The van der Waals surface area contributed by atoms with E-state index in [1.165, 1.54) is 25.2 Å². The van der Waals surface area contributed by atoms with Crippen molar-refractivity contribution in [3.05, 3.63) is 12.4 Å². The second-order valence-electron chi connectivity index (χ2n) is 5.62. The van der Waals surface area contributed by atoms with Gasteiger partial charge in [0.15, 0.2) is 0 Å². The summed E-state index contributed by atoms with van der Waals surface area (Å²) in [6.45, 7) is 2.20. The molecule has 0 radical (unpaired) electrons. The molecule has 0 spiro atoms. The van der Waals surface area contributed by atoms with Gasteiger partial charge in [-0.25, -0.2) is 23.1 Å². The first-order valence-corrected chi connectivity index (χ1v) is 9.05. The van der Waals surface area contributed by atoms with E-state index >= 15 is 0 Å². The van der Waals surface area contributed by atoms with Crippen LogP contribution in [0.1, 0.15) is 45.4 Å². The molecule has 1 aliphatic carbocycles. The van der Waals surface area contributed by atoms with E-state index in [1.54, 1.807) is 7.05 Å². The molecule has 0 unspecified atom stereocenters. The number of aromatic nitrogens is 2. The molecule has 0 atom stereocenters. The van der Waals surface area contributed by atoms with Crippen LogP contribution >= 0.6 is 0 Å². The van der Waals surface area contributed by atoms with E-state index in [4.69, 9.17) is 0 Å². The van der Waals surface area contributed by atoms with Gasteiger partial charge in [-0.3, -0.25) is 0 Å². The average molecular weight is 312 g/mol. The van der Waals surface area contributed by atoms with Crippen LogP contribution in [0.5, 0.6) is 0 Å². The lowest BCUT2D eigenvalue weighted by Crippen LogP contribution is -2.37. The first-order valence-electron chi connectivity index (χ1n) is 7.57. The third kappa shape index (κ3) is 4.38. The van der Waals surface area contributed by atoms with Crippen LogP contribution in [0.15, 0.2) is 17.3 Å². The molecule has 1 aromatic heterocycles. The molecule has 2 rings (SSSR count). The second kappa shape index (κ2) is 7.17. The number of rotatable bonds is 6. The SMILES string of the molecule is CCCC1CCC(NS(=O)(=O)c2cnc(NC)nc2)CC1. The molecular formula is C14H24N4O2S. The molecule has 1 aliphatic rings. The maximum atomic E-state index is 12.3. The van der Waals surface area contributed by atoms with Gasteiger partial charge in [-0.15, -0.1) is 0 Å². The molecular weight excluding hydrogens is 288 g/mol. The lowest BCUT2D eigenvalue weighted by molar-refractivity contribution is 0.297. The first kappa shape index (κ1) is 16.2. The summed E-state index contributed by atoms with van der Waals surface area (Å²) in [5.41, 5.74) is 0. The van der Waals surface area contributed by atoms with Crippen molar-refractivity contribution >= 4 is 16.0 Å². The summed E-state index contributed by atoms with van der Waals surface area (Å²) in [5, 5.41) is 2.77. The van der Waals surface area contributed by atoms with Crippen molar-refractivity contribution in [3.8, 4) is 0 Å². The van der Waals surface area contributed by atoms with Crippen molar-refractivity contribution < 1.29 is 8.42 Å². The summed E-state index contributed by atoms with van der Waals surface area (Å²) in [5.74, 6) is 1.17. The van der Waals surface area contributed by atoms with Crippen molar-refractivity contribution in [2.75, 3.05) is 12.4 Å². The lowest BCUT2D eigenvalue weighted by Gasteiger charge is -2.28. The van der Waals surface area contributed by atoms with Crippen molar-refractivity contribution in [3.63, 3.8) is 0 Å². The molecule has 0 amide bonds. The predicted molar refractivity (Wildman–Crippen MR) is 82.6 cm³/mol. The molecule has 0 bridgehead atoms. The monoisotopic (exact) mass is 312 g/mol. The van der Waals surface area contributed by atoms with Gasteiger partial charge in [-0.2, -0.15) is 0 Å². The molecule has 7 heteroatoms. The van der Waals surface area contributed by atoms with E-state index < -0.39 is 10.0 Å². The molecule has 1 saturated carbocycles. The zero-order valence-corrected chi connectivity index (χ0v) is 13.5. The smallest absolute Gasteiger partial charge is 0.243 e. The Balaban J connectivity index is 1.95. The van der Waals surface area contributed by atoms with Crippen LogP contribution < -0.4 is 10.0 Å². The van der Waals surface area contributed by atoms with Gasteiger partial charge in [-0.1, -0.05) is 19.8 Å². The maximum Gasteiger partial charge on any atom is 0.243 e. The summed E-state index contributed by atoms with van der Waals surface area (Å²) >= 11 is 0. The highest BCUT2D eigenvalue weighted by atomic mass is 32.2. The predicted octanol–water partition coefficient (Wildman–Crippen LogP) is 2.16. The molecule has 2 N–H and O–H groups in total. The molecule has 0 saturated heterocycles. The molecule has 0 aliphatic heterocycles. The number of anilines is 1. The average Bonchev–Trinajstić information content (AvgIpc) is 2.49. The highest BCUT2D eigenvalue weighted by Gasteiger charge is 2.25. The van der Waals surface area contributed by atoms with Gasteiger partial charge < -0.3 is 5.32 Å². The Hall–Kier alpha value is -1.21. The largest absolute Gasteiger partial charge is 0.357 e. The van der Waals surface area contributed by atoms with Crippen LogP contribution in [-0.2, 0) is 10.0 Å². The van der Waals surface area contributed by atoms with E-state index in [9.17, 15) is 8.42 Å². The van der Waals surface area contributed by atoms with Crippen LogP contribution in [0.4, 0.5) is 5.95 Å². The van der Waals surface area contributed by atoms with Crippen molar-refractivity contribution in [1.29, 1.82) is 0 Å². The Bertz CT molecular complexity index is 537. The molecule has 1 aromatic rings. The molecule has 1 fully saturated rings. The van der Waals surface area contributed by atoms with Gasteiger partial charge in [0.05, 0.1) is 12.4 Å². The van der Waals surface area contributed by atoms with Crippen LogP contribution in [0.25, 0.3) is 0 Å². The maximum absolute atomic E-state index is 12.3. The second-order valence-corrected chi connectivity index (χ2v) is 7.33. The first-order chi connectivity index (χ1) is 10.0. The number of nitrogens with one attached hydrogen (secondary N) is 2. The standard InChI is InChI=1S/C14H24N4O2S/c1-3-4-11-5-7-12(8-6-11)18-21(19,20)13-9-16-14(15-2)17-10-13/h9-12,18H,3-8H2,1-2H3,(H,15,16,17). The Labute approximate surface area is 126 Å². The molecule has 6 nitrogen and oxygen atoms in total. The highest BCUT2D eigenvalue weighted by Crippen LogP contribution is 2.28. The van der Waals surface area contributed by atoms with Crippen LogP contribution in [0, 0.1) is 5.92 Å². The zero-order valence-electron chi connectivity index (χ0n) is 12.7. The zero-order chi connectivity index (χ0) is 15.3. The fraction of sp³-hybridized carbons (Fsp3) is 0.714. The molecule has 21 heavy (non-hydrogen) atoms. The van der Waals surface area contributed by atoms with Gasteiger partial charge in [0.1, 0.15) is 4.90 Å². The van der Waals surface area contributed by atoms with Gasteiger partial charge in [0, 0.05) is 13.1 Å². The molecule has 118 valence electrons. The summed E-state index contributed by atoms with van der Waals surface area (Å²) in [7, 11) is -1.83. The van der Waals surface area contributed by atoms with Crippen LogP contribution in [0.2, 0.25) is 0 Å². The normalized spacial score (nSPS) is 23.0. The summed E-state index contributed by atoms with van der Waals surface area (Å²) in [6, 6.07) is 0.0343. The molecule has 1 heterocycles. The topological polar surface area (TPSA) is 84.0 Å². The number of hydrogen-bond acceptors (Lipinski definition) is 5.